The van der Waals surface area contributed by atoms with Gasteiger partial charge in [-0.25, -0.2) is 4.98 Å². The molecule has 2 aliphatic rings. The third-order valence-electron chi connectivity index (χ3n) is 5.68. The van der Waals surface area contributed by atoms with Crippen LogP contribution in [0.25, 0.3) is 11.3 Å². The molecule has 2 unspecified atom stereocenters. The summed E-state index contributed by atoms with van der Waals surface area (Å²) >= 11 is 1.49. The molecule has 3 aromatic rings. The highest BCUT2D eigenvalue weighted by Crippen LogP contribution is 2.34. The first kappa shape index (κ1) is 20.3. The number of amides is 1. The zero-order valence-corrected chi connectivity index (χ0v) is 18.0. The van der Waals surface area contributed by atoms with E-state index in [2.05, 4.69) is 15.2 Å². The van der Waals surface area contributed by atoms with Gasteiger partial charge in [0, 0.05) is 56.1 Å². The Kier molecular flexibility index (Phi) is 6.04. The van der Waals surface area contributed by atoms with Crippen LogP contribution in [0.3, 0.4) is 0 Å². The summed E-state index contributed by atoms with van der Waals surface area (Å²) in [4.78, 5) is 26.5. The molecule has 1 aromatic carbocycles. The van der Waals surface area contributed by atoms with Crippen molar-refractivity contribution in [3.63, 3.8) is 0 Å². The van der Waals surface area contributed by atoms with Gasteiger partial charge in [-0.1, -0.05) is 30.3 Å². The lowest BCUT2D eigenvalue weighted by Gasteiger charge is -2.39. The van der Waals surface area contributed by atoms with Crippen LogP contribution >= 0.6 is 11.3 Å². The Bertz CT molecular complexity index is 1010. The molecule has 8 heteroatoms. The first-order chi connectivity index (χ1) is 15.3. The van der Waals surface area contributed by atoms with Gasteiger partial charge in [0.25, 0.3) is 5.91 Å². The van der Waals surface area contributed by atoms with Crippen LogP contribution in [-0.4, -0.2) is 66.1 Å². The SMILES string of the molecule is O=C1C(c2ccccc2)OC(CN2CCNCC2)CN1c1nc(-c2ccncc2)cs1. The second-order valence-corrected chi connectivity index (χ2v) is 8.64. The zero-order valence-electron chi connectivity index (χ0n) is 17.2. The maximum atomic E-state index is 13.4. The number of anilines is 1. The molecule has 0 spiro atoms. The molecule has 7 nitrogen and oxygen atoms in total. The summed E-state index contributed by atoms with van der Waals surface area (Å²) < 4.78 is 6.35. The number of pyridine rings is 1. The van der Waals surface area contributed by atoms with Crippen LogP contribution in [0.5, 0.6) is 0 Å². The van der Waals surface area contributed by atoms with Gasteiger partial charge in [0.05, 0.1) is 18.3 Å². The minimum Gasteiger partial charge on any atom is -0.357 e. The predicted octanol–water partition coefficient (Wildman–Crippen LogP) is 2.58. The van der Waals surface area contributed by atoms with Crippen molar-refractivity contribution < 1.29 is 9.53 Å². The van der Waals surface area contributed by atoms with Gasteiger partial charge < -0.3 is 10.1 Å². The molecule has 2 saturated heterocycles. The second-order valence-electron chi connectivity index (χ2n) is 7.80. The number of nitrogens with zero attached hydrogens (tertiary/aromatic N) is 4. The summed E-state index contributed by atoms with van der Waals surface area (Å²) in [5.41, 5.74) is 2.74. The van der Waals surface area contributed by atoms with E-state index in [1.54, 1.807) is 12.4 Å². The molecular weight excluding hydrogens is 410 g/mol. The molecule has 2 aliphatic heterocycles. The molecule has 1 amide bonds. The van der Waals surface area contributed by atoms with Crippen molar-refractivity contribution in [1.82, 2.24) is 20.2 Å². The molecule has 160 valence electrons. The highest BCUT2D eigenvalue weighted by Gasteiger charge is 2.38. The third-order valence-corrected chi connectivity index (χ3v) is 6.54. The number of piperazine rings is 1. The van der Waals surface area contributed by atoms with E-state index in [1.807, 2.05) is 52.7 Å². The number of nitrogens with one attached hydrogen (secondary N) is 1. The van der Waals surface area contributed by atoms with E-state index in [0.717, 1.165) is 49.5 Å². The Morgan fingerprint density at radius 1 is 1.10 bits per heavy atom. The third kappa shape index (κ3) is 4.52. The van der Waals surface area contributed by atoms with E-state index < -0.39 is 6.10 Å². The predicted molar refractivity (Wildman–Crippen MR) is 121 cm³/mol. The number of aromatic nitrogens is 2. The minimum atomic E-state index is -0.615. The van der Waals surface area contributed by atoms with Crippen molar-refractivity contribution in [1.29, 1.82) is 0 Å². The van der Waals surface area contributed by atoms with E-state index in [4.69, 9.17) is 9.72 Å². The van der Waals surface area contributed by atoms with Crippen LogP contribution in [0, 0.1) is 0 Å². The van der Waals surface area contributed by atoms with E-state index in [-0.39, 0.29) is 12.0 Å². The van der Waals surface area contributed by atoms with Crippen molar-refractivity contribution in [3.8, 4) is 11.3 Å². The molecule has 31 heavy (non-hydrogen) atoms. The van der Waals surface area contributed by atoms with Gasteiger partial charge in [-0.2, -0.15) is 0 Å². The van der Waals surface area contributed by atoms with Crippen LogP contribution in [0.2, 0.25) is 0 Å². The number of ether oxygens (including phenoxy) is 1. The maximum absolute atomic E-state index is 13.4. The van der Waals surface area contributed by atoms with Gasteiger partial charge in [0.2, 0.25) is 0 Å². The van der Waals surface area contributed by atoms with Gasteiger partial charge >= 0.3 is 0 Å². The molecular formula is C23H25N5O2S. The summed E-state index contributed by atoms with van der Waals surface area (Å²) in [6.45, 7) is 5.27. The van der Waals surface area contributed by atoms with E-state index in [1.165, 1.54) is 11.3 Å². The van der Waals surface area contributed by atoms with Crippen LogP contribution in [0.15, 0.2) is 60.2 Å². The smallest absolute Gasteiger partial charge is 0.262 e. The molecule has 0 bridgehead atoms. The van der Waals surface area contributed by atoms with Gasteiger partial charge in [-0.3, -0.25) is 19.6 Å². The van der Waals surface area contributed by atoms with Crippen molar-refractivity contribution in [3.05, 3.63) is 65.8 Å². The van der Waals surface area contributed by atoms with E-state index in [0.29, 0.717) is 11.7 Å². The van der Waals surface area contributed by atoms with Crippen LogP contribution < -0.4 is 10.2 Å². The number of hydrogen-bond acceptors (Lipinski definition) is 7. The van der Waals surface area contributed by atoms with Crippen LogP contribution in [0.4, 0.5) is 5.13 Å². The molecule has 2 aromatic heterocycles. The Balaban J connectivity index is 1.42. The first-order valence-electron chi connectivity index (χ1n) is 10.6. The number of morpholine rings is 1. The average molecular weight is 436 g/mol. The monoisotopic (exact) mass is 435 g/mol. The van der Waals surface area contributed by atoms with Gasteiger partial charge in [-0.15, -0.1) is 11.3 Å². The summed E-state index contributed by atoms with van der Waals surface area (Å²) in [7, 11) is 0. The van der Waals surface area contributed by atoms with Crippen molar-refractivity contribution in [2.45, 2.75) is 12.2 Å². The normalized spacial score (nSPS) is 22.6. The first-order valence-corrected chi connectivity index (χ1v) is 11.5. The summed E-state index contributed by atoms with van der Waals surface area (Å²) in [5.74, 6) is -0.0570. The van der Waals surface area contributed by atoms with E-state index >= 15 is 0 Å². The molecule has 5 rings (SSSR count). The molecule has 0 radical (unpaired) electrons. The largest absolute Gasteiger partial charge is 0.357 e. The number of carbonyl (C=O) groups is 1. The molecule has 0 aliphatic carbocycles. The number of hydrogen-bond donors (Lipinski definition) is 1. The Morgan fingerprint density at radius 3 is 2.65 bits per heavy atom. The van der Waals surface area contributed by atoms with Gasteiger partial charge in [0.1, 0.15) is 0 Å². The fourth-order valence-corrected chi connectivity index (χ4v) is 4.92. The quantitative estimate of drug-likeness (QED) is 0.664. The highest BCUT2D eigenvalue weighted by atomic mass is 32.1. The van der Waals surface area contributed by atoms with Gasteiger partial charge in [0.15, 0.2) is 11.2 Å². The zero-order chi connectivity index (χ0) is 21.0. The topological polar surface area (TPSA) is 70.6 Å². The van der Waals surface area contributed by atoms with Crippen LogP contribution in [0.1, 0.15) is 11.7 Å². The van der Waals surface area contributed by atoms with Crippen LogP contribution in [-0.2, 0) is 9.53 Å². The summed E-state index contributed by atoms with van der Waals surface area (Å²) in [6, 6.07) is 13.6. The molecule has 1 N–H and O–H groups in total. The Hall–Kier alpha value is -2.65. The molecule has 4 heterocycles. The Morgan fingerprint density at radius 2 is 1.87 bits per heavy atom. The molecule has 2 atom stereocenters. The van der Waals surface area contributed by atoms with E-state index in [9.17, 15) is 4.79 Å². The fourth-order valence-electron chi connectivity index (χ4n) is 4.08. The molecule has 2 fully saturated rings. The minimum absolute atomic E-state index is 0.0570. The second kappa shape index (κ2) is 9.23. The number of carbonyl (C=O) groups excluding carboxylic acids is 1. The maximum Gasteiger partial charge on any atom is 0.262 e. The summed E-state index contributed by atoms with van der Waals surface area (Å²) in [5, 5.41) is 6.10. The van der Waals surface area contributed by atoms with Crippen molar-refractivity contribution >= 4 is 22.4 Å². The lowest BCUT2D eigenvalue weighted by molar-refractivity contribution is -0.142. The van der Waals surface area contributed by atoms with Gasteiger partial charge in [-0.05, 0) is 17.7 Å². The number of rotatable bonds is 5. The Labute approximate surface area is 185 Å². The fraction of sp³-hybridized carbons (Fsp3) is 0.348. The van der Waals surface area contributed by atoms with Crippen molar-refractivity contribution in [2.24, 2.45) is 0 Å². The average Bonchev–Trinajstić information content (AvgIpc) is 3.32. The van der Waals surface area contributed by atoms with Crippen molar-refractivity contribution in [2.75, 3.05) is 44.2 Å². The number of benzene rings is 1. The lowest BCUT2D eigenvalue weighted by Crippen LogP contribution is -2.54. The molecule has 0 saturated carbocycles. The number of thiazole rings is 1. The summed E-state index contributed by atoms with van der Waals surface area (Å²) in [6.07, 6.45) is 2.82. The lowest BCUT2D eigenvalue weighted by atomic mass is 10.1. The highest BCUT2D eigenvalue weighted by molar-refractivity contribution is 7.14. The standard InChI is InChI=1S/C23H25N5O2S/c29-22-21(18-4-2-1-3-5-18)30-19(14-27-12-10-25-11-13-27)15-28(22)23-26-20(16-31-23)17-6-8-24-9-7-17/h1-9,16,19,21,25H,10-15H2.